The van der Waals surface area contributed by atoms with Crippen LogP contribution >= 0.6 is 12.4 Å². The molecular weight excluding hydrogens is 368 g/mol. The minimum absolute atomic E-state index is 0. The van der Waals surface area contributed by atoms with Crippen LogP contribution in [0.25, 0.3) is 0 Å². The lowest BCUT2D eigenvalue weighted by atomic mass is 10.1. The summed E-state index contributed by atoms with van der Waals surface area (Å²) < 4.78 is 16.7. The van der Waals surface area contributed by atoms with E-state index < -0.39 is 5.54 Å². The van der Waals surface area contributed by atoms with Gasteiger partial charge in [0.25, 0.3) is 5.91 Å². The van der Waals surface area contributed by atoms with Crippen LogP contribution < -0.4 is 25.3 Å². The molecule has 2 aromatic carbocycles. The highest BCUT2D eigenvalue weighted by molar-refractivity contribution is 5.95. The summed E-state index contributed by atoms with van der Waals surface area (Å²) in [5.41, 5.74) is 6.84. The van der Waals surface area contributed by atoms with Crippen molar-refractivity contribution in [1.82, 2.24) is 5.32 Å². The molecule has 0 fully saturated rings. The molecule has 0 aliphatic heterocycles. The summed E-state index contributed by atoms with van der Waals surface area (Å²) in [6.07, 6.45) is 0. The van der Waals surface area contributed by atoms with Crippen molar-refractivity contribution in [3.8, 4) is 17.2 Å². The van der Waals surface area contributed by atoms with Gasteiger partial charge in [-0.3, -0.25) is 4.79 Å². The van der Waals surface area contributed by atoms with Gasteiger partial charge in [-0.15, -0.1) is 12.4 Å². The Labute approximate surface area is 166 Å². The van der Waals surface area contributed by atoms with Gasteiger partial charge in [0, 0.05) is 17.6 Å². The van der Waals surface area contributed by atoms with Crippen LogP contribution in [0.1, 0.15) is 29.8 Å². The third-order valence-corrected chi connectivity index (χ3v) is 3.65. The topological polar surface area (TPSA) is 82.8 Å². The third kappa shape index (κ3) is 6.66. The van der Waals surface area contributed by atoms with Crippen molar-refractivity contribution in [2.24, 2.45) is 5.73 Å². The molecule has 148 valence electrons. The van der Waals surface area contributed by atoms with Gasteiger partial charge in [0.15, 0.2) is 11.5 Å². The Balaban J connectivity index is 0.00000364. The molecule has 27 heavy (non-hydrogen) atoms. The number of benzene rings is 2. The maximum Gasteiger partial charge on any atom is 0.251 e. The number of carbonyl (C=O) groups excluding carboxylic acids is 1. The summed E-state index contributed by atoms with van der Waals surface area (Å²) >= 11 is 0. The zero-order valence-corrected chi connectivity index (χ0v) is 16.9. The molecule has 0 bridgehead atoms. The molecule has 6 nitrogen and oxygen atoms in total. The van der Waals surface area contributed by atoms with E-state index in [2.05, 4.69) is 5.32 Å². The Morgan fingerprint density at radius 3 is 2.11 bits per heavy atom. The molecule has 0 saturated heterocycles. The number of carbonyl (C=O) groups is 1. The number of hydrogen-bond donors (Lipinski definition) is 2. The Hall–Kier alpha value is -2.44. The van der Waals surface area contributed by atoms with E-state index >= 15 is 0 Å². The molecule has 1 amide bonds. The van der Waals surface area contributed by atoms with Crippen LogP contribution in [0.5, 0.6) is 17.2 Å². The molecule has 0 unspecified atom stereocenters. The number of amides is 1. The second-order valence-corrected chi connectivity index (χ2v) is 6.66. The van der Waals surface area contributed by atoms with Crippen molar-refractivity contribution in [1.29, 1.82) is 0 Å². The van der Waals surface area contributed by atoms with E-state index in [0.29, 0.717) is 36.0 Å². The number of ether oxygens (including phenoxy) is 3. The largest absolute Gasteiger partial charge is 0.493 e. The van der Waals surface area contributed by atoms with E-state index in [4.69, 9.17) is 19.9 Å². The number of nitrogens with two attached hydrogens (primary N) is 1. The summed E-state index contributed by atoms with van der Waals surface area (Å²) in [5, 5.41) is 2.80. The van der Waals surface area contributed by atoms with Crippen molar-refractivity contribution in [3.63, 3.8) is 0 Å². The van der Waals surface area contributed by atoms with Crippen LogP contribution in [0.2, 0.25) is 0 Å². The first kappa shape index (κ1) is 22.6. The number of hydrogen-bond acceptors (Lipinski definition) is 5. The normalized spacial score (nSPS) is 10.6. The summed E-state index contributed by atoms with van der Waals surface area (Å²) in [7, 11) is 3.05. The summed E-state index contributed by atoms with van der Waals surface area (Å²) in [5.74, 6) is 1.05. The molecular formula is C20H27ClN2O4. The zero-order valence-electron chi connectivity index (χ0n) is 16.1. The monoisotopic (exact) mass is 394 g/mol. The molecule has 0 spiro atoms. The van der Waals surface area contributed by atoms with Crippen molar-refractivity contribution in [2.75, 3.05) is 20.8 Å². The van der Waals surface area contributed by atoms with Gasteiger partial charge in [0.2, 0.25) is 5.75 Å². The molecule has 0 aliphatic rings. The van der Waals surface area contributed by atoms with Gasteiger partial charge in [-0.2, -0.15) is 0 Å². The SMILES string of the molecule is COc1cc(C(=O)NCC(C)(C)N)cc(OC)c1OCc1ccccc1.Cl. The van der Waals surface area contributed by atoms with Crippen LogP contribution in [-0.2, 0) is 6.61 Å². The first-order chi connectivity index (χ1) is 12.3. The minimum Gasteiger partial charge on any atom is -0.493 e. The van der Waals surface area contributed by atoms with Crippen LogP contribution in [0.4, 0.5) is 0 Å². The average molecular weight is 395 g/mol. The number of halogens is 1. The maximum absolute atomic E-state index is 12.4. The van der Waals surface area contributed by atoms with Gasteiger partial charge < -0.3 is 25.3 Å². The number of rotatable bonds is 8. The fraction of sp³-hybridized carbons (Fsp3) is 0.350. The Morgan fingerprint density at radius 1 is 1.07 bits per heavy atom. The molecule has 0 heterocycles. The minimum atomic E-state index is -0.497. The Morgan fingerprint density at radius 2 is 1.63 bits per heavy atom. The van der Waals surface area contributed by atoms with Crippen LogP contribution in [-0.4, -0.2) is 32.2 Å². The van der Waals surface area contributed by atoms with E-state index in [1.165, 1.54) is 14.2 Å². The van der Waals surface area contributed by atoms with E-state index in [1.807, 2.05) is 44.2 Å². The Bertz CT molecular complexity index is 720. The zero-order chi connectivity index (χ0) is 19.2. The first-order valence-electron chi connectivity index (χ1n) is 8.34. The van der Waals surface area contributed by atoms with Crippen LogP contribution in [0, 0.1) is 0 Å². The summed E-state index contributed by atoms with van der Waals surface area (Å²) in [4.78, 5) is 12.4. The maximum atomic E-state index is 12.4. The predicted molar refractivity (Wildman–Crippen MR) is 108 cm³/mol. The van der Waals surface area contributed by atoms with Gasteiger partial charge in [0.05, 0.1) is 14.2 Å². The van der Waals surface area contributed by atoms with Gasteiger partial charge in [0.1, 0.15) is 6.61 Å². The number of methoxy groups -OCH3 is 2. The average Bonchev–Trinajstić information content (AvgIpc) is 2.63. The van der Waals surface area contributed by atoms with Crippen molar-refractivity contribution >= 4 is 18.3 Å². The standard InChI is InChI=1S/C20H26N2O4.ClH/c1-20(2,21)13-22-19(23)15-10-16(24-3)18(17(11-15)25-4)26-12-14-8-6-5-7-9-14;/h5-11H,12-13,21H2,1-4H3,(H,22,23);1H. The fourth-order valence-corrected chi connectivity index (χ4v) is 2.29. The van der Waals surface area contributed by atoms with Crippen molar-refractivity contribution in [3.05, 3.63) is 53.6 Å². The summed E-state index contributed by atoms with van der Waals surface area (Å²) in [6.45, 7) is 4.40. The molecule has 2 rings (SSSR count). The van der Waals surface area contributed by atoms with E-state index in [9.17, 15) is 4.79 Å². The molecule has 0 radical (unpaired) electrons. The highest BCUT2D eigenvalue weighted by Crippen LogP contribution is 2.39. The molecule has 0 aromatic heterocycles. The smallest absolute Gasteiger partial charge is 0.251 e. The van der Waals surface area contributed by atoms with Crippen LogP contribution in [0.15, 0.2) is 42.5 Å². The second kappa shape index (κ2) is 10.0. The van der Waals surface area contributed by atoms with Gasteiger partial charge >= 0.3 is 0 Å². The molecule has 2 aromatic rings. The quantitative estimate of drug-likeness (QED) is 0.718. The molecule has 0 saturated carbocycles. The van der Waals surface area contributed by atoms with E-state index in [-0.39, 0.29) is 18.3 Å². The lowest BCUT2D eigenvalue weighted by molar-refractivity contribution is 0.0945. The Kier molecular flexibility index (Phi) is 8.40. The van der Waals surface area contributed by atoms with Gasteiger partial charge in [-0.25, -0.2) is 0 Å². The van der Waals surface area contributed by atoms with E-state index in [0.717, 1.165) is 5.56 Å². The second-order valence-electron chi connectivity index (χ2n) is 6.66. The summed E-state index contributed by atoms with van der Waals surface area (Å²) in [6, 6.07) is 13.0. The van der Waals surface area contributed by atoms with Gasteiger partial charge in [-0.1, -0.05) is 30.3 Å². The van der Waals surface area contributed by atoms with Crippen molar-refractivity contribution < 1.29 is 19.0 Å². The highest BCUT2D eigenvalue weighted by atomic mass is 35.5. The highest BCUT2D eigenvalue weighted by Gasteiger charge is 2.19. The number of nitrogens with one attached hydrogen (secondary N) is 1. The molecule has 3 N–H and O–H groups in total. The van der Waals surface area contributed by atoms with Gasteiger partial charge in [-0.05, 0) is 31.5 Å². The van der Waals surface area contributed by atoms with E-state index in [1.54, 1.807) is 12.1 Å². The first-order valence-corrected chi connectivity index (χ1v) is 8.34. The third-order valence-electron chi connectivity index (χ3n) is 3.65. The lowest BCUT2D eigenvalue weighted by Crippen LogP contribution is -2.45. The predicted octanol–water partition coefficient (Wildman–Crippen LogP) is 3.17. The molecule has 0 atom stereocenters. The lowest BCUT2D eigenvalue weighted by Gasteiger charge is -2.20. The van der Waals surface area contributed by atoms with Crippen molar-refractivity contribution in [2.45, 2.75) is 26.0 Å². The van der Waals surface area contributed by atoms with Crippen LogP contribution in [0.3, 0.4) is 0 Å². The fourth-order valence-electron chi connectivity index (χ4n) is 2.29. The molecule has 7 heteroatoms. The molecule has 0 aliphatic carbocycles.